The van der Waals surface area contributed by atoms with Crippen molar-refractivity contribution in [2.75, 3.05) is 6.26 Å². The molecule has 0 radical (unpaired) electrons. The summed E-state index contributed by atoms with van der Waals surface area (Å²) in [6.45, 7) is 0. The number of nitrogens with zero attached hydrogens (tertiary/aromatic N) is 2. The Morgan fingerprint density at radius 1 is 1.73 bits per heavy atom. The molecule has 7 heteroatoms. The number of carbonyl (C=O) groups is 1. The average Bonchev–Trinajstić information content (AvgIpc) is 2.66. The maximum absolute atomic E-state index is 11.4. The summed E-state index contributed by atoms with van der Waals surface area (Å²) in [6, 6.07) is 3.40. The summed E-state index contributed by atoms with van der Waals surface area (Å²) in [4.78, 5) is 17.5. The lowest BCUT2D eigenvalue weighted by Crippen LogP contribution is -2.36. The van der Waals surface area contributed by atoms with E-state index in [2.05, 4.69) is 15.3 Å². The molecule has 4 N–H and O–H groups in total. The Labute approximate surface area is 90.6 Å². The molecule has 78 valence electrons. The predicted molar refractivity (Wildman–Crippen MR) is 57.3 cm³/mol. The summed E-state index contributed by atoms with van der Waals surface area (Å²) >= 11 is 1.49. The van der Waals surface area contributed by atoms with Crippen LogP contribution < -0.4 is 11.1 Å². The van der Waals surface area contributed by atoms with Crippen molar-refractivity contribution in [1.29, 1.82) is 5.26 Å². The first kappa shape index (κ1) is 11.1. The van der Waals surface area contributed by atoms with Crippen LogP contribution in [0.5, 0.6) is 0 Å². The molecule has 1 heterocycles. The van der Waals surface area contributed by atoms with Crippen LogP contribution in [0.15, 0.2) is 22.2 Å². The molecule has 1 amide bonds. The lowest BCUT2D eigenvalue weighted by Gasteiger charge is -1.99. The van der Waals surface area contributed by atoms with Gasteiger partial charge < -0.3 is 10.7 Å². The number of nitrogens with two attached hydrogens (primary N) is 1. The number of nitriles is 1. The molecule has 0 saturated heterocycles. The lowest BCUT2D eigenvalue weighted by atomic mass is 10.4. The minimum atomic E-state index is -0.424. The number of H-pyrrole nitrogens is 1. The van der Waals surface area contributed by atoms with E-state index in [9.17, 15) is 4.79 Å². The van der Waals surface area contributed by atoms with Gasteiger partial charge in [-0.15, -0.1) is 16.8 Å². The topological polar surface area (TPSA) is 107 Å². The van der Waals surface area contributed by atoms with E-state index in [1.165, 1.54) is 18.0 Å². The summed E-state index contributed by atoms with van der Waals surface area (Å²) in [7, 11) is 0. The Morgan fingerprint density at radius 3 is 3.00 bits per heavy atom. The molecule has 0 aliphatic carbocycles. The van der Waals surface area contributed by atoms with Gasteiger partial charge in [-0.3, -0.25) is 10.1 Å². The Balaban J connectivity index is 2.70. The smallest absolute Gasteiger partial charge is 0.274 e. The van der Waals surface area contributed by atoms with E-state index in [1.54, 1.807) is 12.1 Å². The van der Waals surface area contributed by atoms with Gasteiger partial charge in [0.1, 0.15) is 5.69 Å². The number of hydrogen-bond donors (Lipinski definition) is 3. The Morgan fingerprint density at radius 2 is 2.47 bits per heavy atom. The molecule has 1 aromatic rings. The summed E-state index contributed by atoms with van der Waals surface area (Å²) in [5, 5.41) is 11.3. The monoisotopic (exact) mass is 223 g/mol. The van der Waals surface area contributed by atoms with Crippen molar-refractivity contribution >= 4 is 23.6 Å². The van der Waals surface area contributed by atoms with Crippen LogP contribution in [0, 0.1) is 11.5 Å². The normalized spacial score (nSPS) is 10.8. The van der Waals surface area contributed by atoms with Crippen molar-refractivity contribution in [3.05, 3.63) is 17.8 Å². The first-order valence-corrected chi connectivity index (χ1v) is 5.16. The molecule has 1 aromatic heterocycles. The highest BCUT2D eigenvalue weighted by Gasteiger charge is 2.08. The standard InChI is InChI=1S/C8H9N5OS/c1-15-6-3-2-5(12-6)7(14)13-8(10)11-4-9/h2-3,12H,1H3,(H3,10,11,13,14). The average molecular weight is 223 g/mol. The van der Waals surface area contributed by atoms with Crippen LogP contribution in [-0.2, 0) is 0 Å². The van der Waals surface area contributed by atoms with E-state index in [-0.39, 0.29) is 5.96 Å². The molecule has 15 heavy (non-hydrogen) atoms. The maximum Gasteiger partial charge on any atom is 0.274 e. The van der Waals surface area contributed by atoms with E-state index in [4.69, 9.17) is 11.0 Å². The van der Waals surface area contributed by atoms with Gasteiger partial charge in [-0.05, 0) is 18.4 Å². The van der Waals surface area contributed by atoms with Crippen LogP contribution >= 0.6 is 11.8 Å². The highest BCUT2D eigenvalue weighted by Crippen LogP contribution is 2.12. The minimum absolute atomic E-state index is 0.220. The third kappa shape index (κ3) is 3.03. The Hall–Kier alpha value is -1.94. The number of aliphatic imine (C=N–C) groups is 1. The van der Waals surface area contributed by atoms with Gasteiger partial charge in [-0.1, -0.05) is 0 Å². The first-order chi connectivity index (χ1) is 7.17. The van der Waals surface area contributed by atoms with E-state index in [0.717, 1.165) is 5.03 Å². The maximum atomic E-state index is 11.4. The minimum Gasteiger partial charge on any atom is -0.369 e. The second-order valence-electron chi connectivity index (χ2n) is 2.49. The number of hydrogen-bond acceptors (Lipinski definition) is 4. The summed E-state index contributed by atoms with van der Waals surface area (Å²) in [6.07, 6.45) is 3.36. The number of amides is 1. The van der Waals surface area contributed by atoms with Crippen LogP contribution in [0.1, 0.15) is 10.5 Å². The molecule has 0 unspecified atom stereocenters. The van der Waals surface area contributed by atoms with Gasteiger partial charge in [0.25, 0.3) is 5.91 Å². The number of aromatic amines is 1. The second-order valence-corrected chi connectivity index (χ2v) is 3.34. The summed E-state index contributed by atoms with van der Waals surface area (Å²) in [5.41, 5.74) is 5.61. The zero-order chi connectivity index (χ0) is 11.3. The van der Waals surface area contributed by atoms with Gasteiger partial charge in [0, 0.05) is 0 Å². The third-order valence-corrected chi connectivity index (χ3v) is 2.21. The van der Waals surface area contributed by atoms with Gasteiger partial charge >= 0.3 is 0 Å². The van der Waals surface area contributed by atoms with Crippen molar-refractivity contribution in [2.45, 2.75) is 5.03 Å². The molecule has 6 nitrogen and oxygen atoms in total. The van der Waals surface area contributed by atoms with Crippen LogP contribution in [0.25, 0.3) is 0 Å². The van der Waals surface area contributed by atoms with Gasteiger partial charge in [-0.2, -0.15) is 5.26 Å². The number of thioether (sulfide) groups is 1. The molecular weight excluding hydrogens is 214 g/mol. The molecule has 0 fully saturated rings. The summed E-state index contributed by atoms with van der Waals surface area (Å²) < 4.78 is 0. The van der Waals surface area contributed by atoms with Crippen LogP contribution in [0.2, 0.25) is 0 Å². The van der Waals surface area contributed by atoms with E-state index < -0.39 is 5.91 Å². The molecule has 0 aliphatic rings. The number of aromatic nitrogens is 1. The molecule has 0 atom stereocenters. The van der Waals surface area contributed by atoms with Gasteiger partial charge in [-0.25, -0.2) is 0 Å². The molecular formula is C8H9N5OS. The van der Waals surface area contributed by atoms with Gasteiger partial charge in [0.05, 0.1) is 5.03 Å². The van der Waals surface area contributed by atoms with Crippen LogP contribution in [0.4, 0.5) is 0 Å². The fraction of sp³-hybridized carbons (Fsp3) is 0.125. The first-order valence-electron chi connectivity index (χ1n) is 3.94. The van der Waals surface area contributed by atoms with Crippen molar-refractivity contribution in [1.82, 2.24) is 10.3 Å². The highest BCUT2D eigenvalue weighted by atomic mass is 32.2. The summed E-state index contributed by atoms with van der Waals surface area (Å²) in [5.74, 6) is -0.644. The van der Waals surface area contributed by atoms with Gasteiger partial charge in [0.2, 0.25) is 12.2 Å². The zero-order valence-corrected chi connectivity index (χ0v) is 8.76. The van der Waals surface area contributed by atoms with Crippen molar-refractivity contribution < 1.29 is 4.79 Å². The Kier molecular flexibility index (Phi) is 3.76. The van der Waals surface area contributed by atoms with Crippen LogP contribution in [-0.4, -0.2) is 23.1 Å². The zero-order valence-electron chi connectivity index (χ0n) is 7.94. The Bertz CT molecular complexity index is 430. The molecule has 1 rings (SSSR count). The molecule has 0 spiro atoms. The fourth-order valence-corrected chi connectivity index (χ4v) is 1.31. The SMILES string of the molecule is CSc1ccc(C(=O)NC(N)=NC#N)[nH]1. The van der Waals surface area contributed by atoms with Crippen LogP contribution in [0.3, 0.4) is 0 Å². The van der Waals surface area contributed by atoms with Gasteiger partial charge in [0.15, 0.2) is 0 Å². The second kappa shape index (κ2) is 5.07. The number of rotatable bonds is 2. The van der Waals surface area contributed by atoms with E-state index in [1.807, 2.05) is 6.26 Å². The largest absolute Gasteiger partial charge is 0.369 e. The molecule has 0 bridgehead atoms. The van der Waals surface area contributed by atoms with Crippen molar-refractivity contribution in [3.8, 4) is 6.19 Å². The number of nitrogens with one attached hydrogen (secondary N) is 2. The van der Waals surface area contributed by atoms with Crippen molar-refractivity contribution in [2.24, 2.45) is 10.7 Å². The fourth-order valence-electron chi connectivity index (χ4n) is 0.892. The number of guanidine groups is 1. The molecule has 0 saturated carbocycles. The van der Waals surface area contributed by atoms with Crippen molar-refractivity contribution in [3.63, 3.8) is 0 Å². The van der Waals surface area contributed by atoms with E-state index in [0.29, 0.717) is 5.69 Å². The third-order valence-electron chi connectivity index (χ3n) is 1.54. The highest BCUT2D eigenvalue weighted by molar-refractivity contribution is 7.98. The molecule has 0 aromatic carbocycles. The van der Waals surface area contributed by atoms with E-state index >= 15 is 0 Å². The number of carbonyl (C=O) groups excluding carboxylic acids is 1. The quantitative estimate of drug-likeness (QED) is 0.289. The molecule has 0 aliphatic heterocycles. The lowest BCUT2D eigenvalue weighted by molar-refractivity contribution is 0.0972. The predicted octanol–water partition coefficient (Wildman–Crippen LogP) is 0.262.